The largest absolute Gasteiger partial charge is 0.383 e. The third-order valence-electron chi connectivity index (χ3n) is 3.56. The van der Waals surface area contributed by atoms with Crippen molar-refractivity contribution in [3.63, 3.8) is 0 Å². The average molecular weight is 257 g/mol. The third-order valence-corrected chi connectivity index (χ3v) is 3.56. The van der Waals surface area contributed by atoms with Gasteiger partial charge >= 0.3 is 0 Å². The highest BCUT2D eigenvalue weighted by atomic mass is 15.3. The summed E-state index contributed by atoms with van der Waals surface area (Å²) in [6.07, 6.45) is 1.06. The van der Waals surface area contributed by atoms with E-state index >= 15 is 0 Å². The molecule has 3 heteroatoms. The molecule has 0 saturated heterocycles. The van der Waals surface area contributed by atoms with Gasteiger partial charge in [-0.3, -0.25) is 4.68 Å². The minimum atomic E-state index is 0.897. The quantitative estimate of drug-likeness (QED) is 0.888. The molecule has 2 aromatic rings. The summed E-state index contributed by atoms with van der Waals surface area (Å²) >= 11 is 0. The van der Waals surface area contributed by atoms with Gasteiger partial charge in [-0.2, -0.15) is 5.10 Å². The van der Waals surface area contributed by atoms with Crippen LogP contribution in [0.25, 0.3) is 0 Å². The summed E-state index contributed by atoms with van der Waals surface area (Å²) in [7, 11) is 0. The van der Waals surface area contributed by atoms with E-state index < -0.39 is 0 Å². The smallest absolute Gasteiger partial charge is 0.0628 e. The average Bonchev–Trinajstić information content (AvgIpc) is 2.64. The van der Waals surface area contributed by atoms with E-state index in [0.717, 1.165) is 25.2 Å². The van der Waals surface area contributed by atoms with Gasteiger partial charge in [0.15, 0.2) is 0 Å². The SMILES string of the molecule is CCc1c(C)nn(CCNc2cccc(C)c2)c1C. The molecule has 0 aliphatic rings. The fraction of sp³-hybridized carbons (Fsp3) is 0.438. The first-order valence-electron chi connectivity index (χ1n) is 6.95. The number of aryl methyl sites for hydroxylation is 2. The molecule has 19 heavy (non-hydrogen) atoms. The molecule has 1 heterocycles. The predicted octanol–water partition coefficient (Wildman–Crippen LogP) is 3.48. The summed E-state index contributed by atoms with van der Waals surface area (Å²) < 4.78 is 2.11. The Balaban J connectivity index is 1.96. The number of rotatable bonds is 5. The molecule has 3 nitrogen and oxygen atoms in total. The van der Waals surface area contributed by atoms with Gasteiger partial charge in [-0.1, -0.05) is 19.1 Å². The van der Waals surface area contributed by atoms with Gasteiger partial charge in [0.25, 0.3) is 0 Å². The molecular formula is C16H23N3. The Bertz CT molecular complexity index is 555. The molecule has 0 radical (unpaired) electrons. The van der Waals surface area contributed by atoms with E-state index in [1.807, 2.05) is 0 Å². The van der Waals surface area contributed by atoms with E-state index in [1.54, 1.807) is 0 Å². The zero-order valence-corrected chi connectivity index (χ0v) is 12.3. The molecule has 0 aliphatic heterocycles. The highest BCUT2D eigenvalue weighted by Gasteiger charge is 2.08. The number of hydrogen-bond donors (Lipinski definition) is 1. The molecular weight excluding hydrogens is 234 g/mol. The zero-order valence-electron chi connectivity index (χ0n) is 12.3. The Morgan fingerprint density at radius 3 is 2.63 bits per heavy atom. The van der Waals surface area contributed by atoms with E-state index in [0.29, 0.717) is 0 Å². The fourth-order valence-corrected chi connectivity index (χ4v) is 2.52. The standard InChI is InChI=1S/C16H23N3/c1-5-16-13(3)18-19(14(16)4)10-9-17-15-8-6-7-12(2)11-15/h6-8,11,17H,5,9-10H2,1-4H3. The number of benzene rings is 1. The van der Waals surface area contributed by atoms with E-state index in [4.69, 9.17) is 0 Å². The second-order valence-corrected chi connectivity index (χ2v) is 5.02. The van der Waals surface area contributed by atoms with Crippen LogP contribution in [0.15, 0.2) is 24.3 Å². The van der Waals surface area contributed by atoms with Gasteiger partial charge in [-0.25, -0.2) is 0 Å². The fourth-order valence-electron chi connectivity index (χ4n) is 2.52. The number of aromatic nitrogens is 2. The van der Waals surface area contributed by atoms with Gasteiger partial charge in [0.1, 0.15) is 0 Å². The summed E-state index contributed by atoms with van der Waals surface area (Å²) in [4.78, 5) is 0. The van der Waals surface area contributed by atoms with Gasteiger partial charge < -0.3 is 5.32 Å². The highest BCUT2D eigenvalue weighted by molar-refractivity contribution is 5.45. The zero-order chi connectivity index (χ0) is 13.8. The number of nitrogens with one attached hydrogen (secondary N) is 1. The Morgan fingerprint density at radius 2 is 2.00 bits per heavy atom. The van der Waals surface area contributed by atoms with Crippen LogP contribution in [0.3, 0.4) is 0 Å². The van der Waals surface area contributed by atoms with E-state index in [1.165, 1.54) is 22.5 Å². The van der Waals surface area contributed by atoms with Crippen molar-refractivity contribution in [2.45, 2.75) is 40.7 Å². The number of hydrogen-bond acceptors (Lipinski definition) is 2. The van der Waals surface area contributed by atoms with E-state index in [9.17, 15) is 0 Å². The maximum absolute atomic E-state index is 4.61. The van der Waals surface area contributed by atoms with Crippen LogP contribution in [0.1, 0.15) is 29.4 Å². The summed E-state index contributed by atoms with van der Waals surface area (Å²) in [5, 5.41) is 8.05. The van der Waals surface area contributed by atoms with Crippen molar-refractivity contribution in [1.82, 2.24) is 9.78 Å². The first-order valence-corrected chi connectivity index (χ1v) is 6.95. The Morgan fingerprint density at radius 1 is 1.21 bits per heavy atom. The van der Waals surface area contributed by atoms with Crippen molar-refractivity contribution in [2.24, 2.45) is 0 Å². The van der Waals surface area contributed by atoms with Crippen molar-refractivity contribution >= 4 is 5.69 Å². The molecule has 0 atom stereocenters. The Kier molecular flexibility index (Phi) is 4.25. The van der Waals surface area contributed by atoms with Gasteiger partial charge in [0, 0.05) is 17.9 Å². The molecule has 1 N–H and O–H groups in total. The maximum atomic E-state index is 4.61. The molecule has 0 spiro atoms. The summed E-state index contributed by atoms with van der Waals surface area (Å²) in [6.45, 7) is 10.4. The van der Waals surface area contributed by atoms with Crippen molar-refractivity contribution in [2.75, 3.05) is 11.9 Å². The molecule has 1 aromatic heterocycles. The molecule has 0 saturated carbocycles. The van der Waals surface area contributed by atoms with Crippen LogP contribution >= 0.6 is 0 Å². The Labute approximate surface area is 115 Å². The van der Waals surface area contributed by atoms with Gasteiger partial charge in [-0.05, 0) is 50.5 Å². The van der Waals surface area contributed by atoms with Gasteiger partial charge in [0.05, 0.1) is 12.2 Å². The number of anilines is 1. The minimum absolute atomic E-state index is 0.897. The second kappa shape index (κ2) is 5.91. The van der Waals surface area contributed by atoms with Crippen molar-refractivity contribution in [3.8, 4) is 0 Å². The lowest BCUT2D eigenvalue weighted by Crippen LogP contribution is -2.13. The third kappa shape index (κ3) is 3.16. The maximum Gasteiger partial charge on any atom is 0.0628 e. The lowest BCUT2D eigenvalue weighted by atomic mass is 10.1. The van der Waals surface area contributed by atoms with Crippen LogP contribution in [0.4, 0.5) is 5.69 Å². The van der Waals surface area contributed by atoms with Crippen LogP contribution < -0.4 is 5.32 Å². The molecule has 102 valence electrons. The molecule has 0 amide bonds. The van der Waals surface area contributed by atoms with Crippen molar-refractivity contribution < 1.29 is 0 Å². The van der Waals surface area contributed by atoms with Crippen molar-refractivity contribution in [3.05, 3.63) is 46.8 Å². The molecule has 0 fully saturated rings. The van der Waals surface area contributed by atoms with Crippen LogP contribution in [-0.4, -0.2) is 16.3 Å². The highest BCUT2D eigenvalue weighted by Crippen LogP contribution is 2.14. The van der Waals surface area contributed by atoms with E-state index in [-0.39, 0.29) is 0 Å². The molecule has 0 bridgehead atoms. The summed E-state index contributed by atoms with van der Waals surface area (Å²) in [6, 6.07) is 8.46. The first kappa shape index (κ1) is 13.7. The minimum Gasteiger partial charge on any atom is -0.383 e. The van der Waals surface area contributed by atoms with E-state index in [2.05, 4.69) is 67.1 Å². The summed E-state index contributed by atoms with van der Waals surface area (Å²) in [5.74, 6) is 0. The lowest BCUT2D eigenvalue weighted by molar-refractivity contribution is 0.614. The van der Waals surface area contributed by atoms with Crippen LogP contribution in [0.5, 0.6) is 0 Å². The molecule has 2 rings (SSSR count). The number of nitrogens with zero attached hydrogens (tertiary/aromatic N) is 2. The molecule has 0 unspecified atom stereocenters. The normalized spacial score (nSPS) is 10.7. The lowest BCUT2D eigenvalue weighted by Gasteiger charge is -2.09. The second-order valence-electron chi connectivity index (χ2n) is 5.02. The van der Waals surface area contributed by atoms with Crippen LogP contribution in [0, 0.1) is 20.8 Å². The first-order chi connectivity index (χ1) is 9.11. The van der Waals surface area contributed by atoms with Crippen LogP contribution in [0.2, 0.25) is 0 Å². The monoisotopic (exact) mass is 257 g/mol. The predicted molar refractivity (Wildman–Crippen MR) is 80.7 cm³/mol. The van der Waals surface area contributed by atoms with Gasteiger partial charge in [-0.15, -0.1) is 0 Å². The molecule has 0 aliphatic carbocycles. The van der Waals surface area contributed by atoms with Gasteiger partial charge in [0.2, 0.25) is 0 Å². The topological polar surface area (TPSA) is 29.9 Å². The summed E-state index contributed by atoms with van der Waals surface area (Å²) in [5.41, 5.74) is 6.30. The molecule has 1 aromatic carbocycles. The van der Waals surface area contributed by atoms with Crippen LogP contribution in [-0.2, 0) is 13.0 Å². The Hall–Kier alpha value is -1.77. The van der Waals surface area contributed by atoms with Crippen molar-refractivity contribution in [1.29, 1.82) is 0 Å².